The van der Waals surface area contributed by atoms with Gasteiger partial charge in [0.15, 0.2) is 6.10 Å². The van der Waals surface area contributed by atoms with Crippen molar-refractivity contribution < 1.29 is 14.3 Å². The van der Waals surface area contributed by atoms with E-state index in [2.05, 4.69) is 29.0 Å². The summed E-state index contributed by atoms with van der Waals surface area (Å²) in [6.07, 6.45) is 1.29. The van der Waals surface area contributed by atoms with Gasteiger partial charge in [0, 0.05) is 13.1 Å². The number of amides is 1. The summed E-state index contributed by atoms with van der Waals surface area (Å²) in [7, 11) is 0. The van der Waals surface area contributed by atoms with E-state index in [1.165, 1.54) is 0 Å². The summed E-state index contributed by atoms with van der Waals surface area (Å²) in [5.74, 6) is 1.08. The van der Waals surface area contributed by atoms with Gasteiger partial charge < -0.3 is 19.7 Å². The number of pyridine rings is 1. The van der Waals surface area contributed by atoms with Crippen molar-refractivity contribution >= 4 is 29.0 Å². The third-order valence-electron chi connectivity index (χ3n) is 4.27. The molecule has 1 N–H and O–H groups in total. The monoisotopic (exact) mass is 389 g/mol. The topological polar surface area (TPSA) is 63.7 Å². The second-order valence-corrected chi connectivity index (χ2v) is 7.15. The number of hydrogen-bond donors (Lipinski definition) is 1. The van der Waals surface area contributed by atoms with Gasteiger partial charge in [0.1, 0.15) is 11.6 Å². The van der Waals surface area contributed by atoms with E-state index in [1.807, 2.05) is 24.3 Å². The molecule has 3 unspecified atom stereocenters. The number of hydrogen-bond acceptors (Lipinski definition) is 5. The minimum Gasteiger partial charge on any atom is -0.479 e. The lowest BCUT2D eigenvalue weighted by Crippen LogP contribution is -2.45. The molecule has 2 aromatic rings. The van der Waals surface area contributed by atoms with Crippen molar-refractivity contribution in [2.24, 2.45) is 0 Å². The van der Waals surface area contributed by atoms with Crippen molar-refractivity contribution in [2.45, 2.75) is 39.1 Å². The molecule has 1 aromatic heterocycles. The number of benzene rings is 1. The van der Waals surface area contributed by atoms with Crippen LogP contribution in [0.25, 0.3) is 0 Å². The molecule has 1 aliphatic rings. The molecule has 1 aliphatic heterocycles. The lowest BCUT2D eigenvalue weighted by Gasteiger charge is -2.36. The fourth-order valence-corrected chi connectivity index (χ4v) is 3.22. The largest absolute Gasteiger partial charge is 0.479 e. The van der Waals surface area contributed by atoms with Gasteiger partial charge in [-0.2, -0.15) is 0 Å². The van der Waals surface area contributed by atoms with Crippen LogP contribution in [0.15, 0.2) is 42.6 Å². The maximum atomic E-state index is 12.4. The van der Waals surface area contributed by atoms with Gasteiger partial charge in [0.2, 0.25) is 0 Å². The number of anilines is 2. The summed E-state index contributed by atoms with van der Waals surface area (Å²) < 4.78 is 11.4. The van der Waals surface area contributed by atoms with Crippen LogP contribution in [-0.4, -0.2) is 42.3 Å². The van der Waals surface area contributed by atoms with Gasteiger partial charge in [-0.15, -0.1) is 0 Å². The van der Waals surface area contributed by atoms with Crippen molar-refractivity contribution in [3.05, 3.63) is 47.6 Å². The van der Waals surface area contributed by atoms with Crippen LogP contribution in [0.2, 0.25) is 5.02 Å². The number of nitrogens with one attached hydrogen (secondary N) is 1. The van der Waals surface area contributed by atoms with E-state index >= 15 is 0 Å². The molecular weight excluding hydrogens is 366 g/mol. The summed E-state index contributed by atoms with van der Waals surface area (Å²) in [6, 6.07) is 10.8. The Kier molecular flexibility index (Phi) is 6.19. The van der Waals surface area contributed by atoms with Crippen molar-refractivity contribution in [1.82, 2.24) is 4.98 Å². The Labute approximate surface area is 164 Å². The highest BCUT2D eigenvalue weighted by atomic mass is 35.5. The van der Waals surface area contributed by atoms with Crippen LogP contribution >= 0.6 is 11.6 Å². The second kappa shape index (κ2) is 8.59. The molecule has 1 fully saturated rings. The minimum atomic E-state index is -0.689. The Bertz CT molecular complexity index is 774. The molecule has 0 aliphatic carbocycles. The van der Waals surface area contributed by atoms with E-state index < -0.39 is 6.10 Å². The van der Waals surface area contributed by atoms with E-state index in [0.717, 1.165) is 18.9 Å². The first kappa shape index (κ1) is 19.5. The highest BCUT2D eigenvalue weighted by Gasteiger charge is 2.23. The maximum Gasteiger partial charge on any atom is 0.265 e. The quantitative estimate of drug-likeness (QED) is 0.843. The van der Waals surface area contributed by atoms with E-state index in [4.69, 9.17) is 21.1 Å². The van der Waals surface area contributed by atoms with Gasteiger partial charge in [0.05, 0.1) is 29.1 Å². The number of morpholine rings is 1. The predicted molar refractivity (Wildman–Crippen MR) is 107 cm³/mol. The number of carbonyl (C=O) groups is 1. The van der Waals surface area contributed by atoms with Crippen LogP contribution in [-0.2, 0) is 9.53 Å². The molecule has 1 saturated heterocycles. The summed E-state index contributed by atoms with van der Waals surface area (Å²) in [4.78, 5) is 19.0. The molecule has 0 radical (unpaired) electrons. The molecule has 0 spiro atoms. The number of ether oxygens (including phenoxy) is 2. The molecule has 1 amide bonds. The summed E-state index contributed by atoms with van der Waals surface area (Å²) in [5.41, 5.74) is 0.618. The van der Waals surface area contributed by atoms with Gasteiger partial charge in [-0.1, -0.05) is 23.7 Å². The van der Waals surface area contributed by atoms with Crippen LogP contribution in [0.3, 0.4) is 0 Å². The zero-order chi connectivity index (χ0) is 19.4. The zero-order valence-corrected chi connectivity index (χ0v) is 16.4. The molecule has 1 aromatic carbocycles. The third-order valence-corrected chi connectivity index (χ3v) is 4.58. The highest BCUT2D eigenvalue weighted by Crippen LogP contribution is 2.24. The third kappa shape index (κ3) is 5.11. The number of aromatic nitrogens is 1. The van der Waals surface area contributed by atoms with Crippen LogP contribution in [0, 0.1) is 0 Å². The molecule has 144 valence electrons. The van der Waals surface area contributed by atoms with Crippen molar-refractivity contribution in [1.29, 1.82) is 0 Å². The summed E-state index contributed by atoms with van der Waals surface area (Å²) in [6.45, 7) is 7.38. The summed E-state index contributed by atoms with van der Waals surface area (Å²) >= 11 is 6.06. The highest BCUT2D eigenvalue weighted by molar-refractivity contribution is 6.32. The predicted octanol–water partition coefficient (Wildman–Crippen LogP) is 3.75. The van der Waals surface area contributed by atoms with E-state index in [-0.39, 0.29) is 18.1 Å². The van der Waals surface area contributed by atoms with Gasteiger partial charge in [0.25, 0.3) is 5.91 Å². The minimum absolute atomic E-state index is 0.165. The number of nitrogens with zero attached hydrogens (tertiary/aromatic N) is 2. The molecule has 6 nitrogen and oxygen atoms in total. The lowest BCUT2D eigenvalue weighted by atomic mass is 10.2. The normalized spacial score (nSPS) is 20.8. The van der Waals surface area contributed by atoms with Crippen LogP contribution in [0.1, 0.15) is 20.8 Å². The van der Waals surface area contributed by atoms with Gasteiger partial charge in [-0.3, -0.25) is 4.79 Å². The van der Waals surface area contributed by atoms with Crippen LogP contribution in [0.4, 0.5) is 11.5 Å². The van der Waals surface area contributed by atoms with E-state index in [1.54, 1.807) is 25.3 Å². The smallest absolute Gasteiger partial charge is 0.265 e. The number of rotatable bonds is 5. The zero-order valence-electron chi connectivity index (χ0n) is 15.7. The molecule has 0 bridgehead atoms. The van der Waals surface area contributed by atoms with E-state index in [0.29, 0.717) is 16.5 Å². The molecular formula is C20H24ClN3O3. The number of carbonyl (C=O) groups excluding carboxylic acids is 1. The lowest BCUT2D eigenvalue weighted by molar-refractivity contribution is -0.122. The SMILES string of the molecule is CC1CN(c2ccc(NC(=O)C(C)Oc3ccccc3Cl)cn2)CC(C)O1. The Hall–Kier alpha value is -2.31. The molecule has 0 saturated carbocycles. The average Bonchev–Trinajstić information content (AvgIpc) is 2.63. The average molecular weight is 390 g/mol. The Morgan fingerprint density at radius 1 is 1.26 bits per heavy atom. The molecule has 3 rings (SSSR count). The maximum absolute atomic E-state index is 12.4. The fourth-order valence-electron chi connectivity index (χ4n) is 3.04. The van der Waals surface area contributed by atoms with E-state index in [9.17, 15) is 4.79 Å². The number of para-hydroxylation sites is 1. The van der Waals surface area contributed by atoms with Gasteiger partial charge in [-0.25, -0.2) is 4.98 Å². The fraction of sp³-hybridized carbons (Fsp3) is 0.400. The van der Waals surface area contributed by atoms with Crippen molar-refractivity contribution in [2.75, 3.05) is 23.3 Å². The first-order chi connectivity index (χ1) is 12.9. The van der Waals surface area contributed by atoms with Gasteiger partial charge in [-0.05, 0) is 45.0 Å². The molecule has 27 heavy (non-hydrogen) atoms. The molecule has 2 heterocycles. The standard InChI is InChI=1S/C20H24ClN3O3/c1-13-11-24(12-14(2)26-13)19-9-8-16(10-22-19)23-20(25)15(3)27-18-7-5-4-6-17(18)21/h4-10,13-15H,11-12H2,1-3H3,(H,23,25). The van der Waals surface area contributed by atoms with Crippen LogP contribution < -0.4 is 15.0 Å². The van der Waals surface area contributed by atoms with Gasteiger partial charge >= 0.3 is 0 Å². The van der Waals surface area contributed by atoms with Crippen molar-refractivity contribution in [3.63, 3.8) is 0 Å². The molecule has 3 atom stereocenters. The molecule has 7 heteroatoms. The Balaban J connectivity index is 1.59. The second-order valence-electron chi connectivity index (χ2n) is 6.75. The van der Waals surface area contributed by atoms with Crippen LogP contribution in [0.5, 0.6) is 5.75 Å². The summed E-state index contributed by atoms with van der Waals surface area (Å²) in [5, 5.41) is 3.29. The number of halogens is 1. The van der Waals surface area contributed by atoms with Crippen molar-refractivity contribution in [3.8, 4) is 5.75 Å². The Morgan fingerprint density at radius 2 is 1.96 bits per heavy atom. The first-order valence-electron chi connectivity index (χ1n) is 9.01. The first-order valence-corrected chi connectivity index (χ1v) is 9.38. The Morgan fingerprint density at radius 3 is 2.59 bits per heavy atom.